The molecule has 1 aliphatic heterocycles. The quantitative estimate of drug-likeness (QED) is 0.825. The SMILES string of the molecule is CC(F)c1ccccc1CC1CCCCN1. The summed E-state index contributed by atoms with van der Waals surface area (Å²) in [5.74, 6) is 0. The molecule has 1 heterocycles. The van der Waals surface area contributed by atoms with Gasteiger partial charge in [0.1, 0.15) is 6.17 Å². The zero-order valence-electron chi connectivity index (χ0n) is 9.88. The molecule has 1 N–H and O–H groups in total. The lowest BCUT2D eigenvalue weighted by Crippen LogP contribution is -2.35. The van der Waals surface area contributed by atoms with Gasteiger partial charge >= 0.3 is 0 Å². The highest BCUT2D eigenvalue weighted by atomic mass is 19.1. The highest BCUT2D eigenvalue weighted by molar-refractivity contribution is 5.29. The molecule has 1 aromatic rings. The number of hydrogen-bond donors (Lipinski definition) is 1. The van der Waals surface area contributed by atoms with E-state index in [-0.39, 0.29) is 0 Å². The second-order valence-electron chi connectivity index (χ2n) is 4.67. The van der Waals surface area contributed by atoms with Crippen molar-refractivity contribution in [3.63, 3.8) is 0 Å². The van der Waals surface area contributed by atoms with Crippen LogP contribution in [0.1, 0.15) is 43.5 Å². The fourth-order valence-corrected chi connectivity index (χ4v) is 2.47. The second kappa shape index (κ2) is 5.44. The van der Waals surface area contributed by atoms with Crippen LogP contribution in [0.3, 0.4) is 0 Å². The Hall–Kier alpha value is -0.890. The van der Waals surface area contributed by atoms with Crippen molar-refractivity contribution in [1.82, 2.24) is 5.32 Å². The Morgan fingerprint density at radius 1 is 1.38 bits per heavy atom. The molecule has 0 aliphatic carbocycles. The van der Waals surface area contributed by atoms with Crippen LogP contribution in [0.4, 0.5) is 4.39 Å². The van der Waals surface area contributed by atoms with E-state index in [2.05, 4.69) is 11.4 Å². The van der Waals surface area contributed by atoms with Crippen LogP contribution >= 0.6 is 0 Å². The summed E-state index contributed by atoms with van der Waals surface area (Å²) in [6.07, 6.45) is 3.89. The van der Waals surface area contributed by atoms with Crippen molar-refractivity contribution in [3.8, 4) is 0 Å². The lowest BCUT2D eigenvalue weighted by Gasteiger charge is -2.24. The summed E-state index contributed by atoms with van der Waals surface area (Å²) in [6, 6.07) is 8.42. The summed E-state index contributed by atoms with van der Waals surface area (Å²) >= 11 is 0. The summed E-state index contributed by atoms with van der Waals surface area (Å²) in [6.45, 7) is 2.73. The monoisotopic (exact) mass is 221 g/mol. The van der Waals surface area contributed by atoms with Crippen molar-refractivity contribution in [3.05, 3.63) is 35.4 Å². The predicted molar refractivity (Wildman–Crippen MR) is 65.3 cm³/mol. The van der Waals surface area contributed by atoms with E-state index in [4.69, 9.17) is 0 Å². The topological polar surface area (TPSA) is 12.0 Å². The minimum Gasteiger partial charge on any atom is -0.314 e. The Morgan fingerprint density at radius 3 is 2.88 bits per heavy atom. The Morgan fingerprint density at radius 2 is 2.19 bits per heavy atom. The van der Waals surface area contributed by atoms with Crippen molar-refractivity contribution in [2.75, 3.05) is 6.54 Å². The first-order valence-electron chi connectivity index (χ1n) is 6.22. The van der Waals surface area contributed by atoms with E-state index in [1.54, 1.807) is 6.92 Å². The van der Waals surface area contributed by atoms with E-state index in [9.17, 15) is 4.39 Å². The van der Waals surface area contributed by atoms with E-state index >= 15 is 0 Å². The molecule has 1 saturated heterocycles. The van der Waals surface area contributed by atoms with Crippen LogP contribution in [-0.2, 0) is 6.42 Å². The van der Waals surface area contributed by atoms with Crippen molar-refractivity contribution in [2.24, 2.45) is 0 Å². The van der Waals surface area contributed by atoms with Crippen molar-refractivity contribution >= 4 is 0 Å². The first kappa shape index (κ1) is 11.6. The maximum Gasteiger partial charge on any atom is 0.123 e. The summed E-state index contributed by atoms with van der Waals surface area (Å²) in [5, 5.41) is 3.51. The normalized spacial score (nSPS) is 23.0. The fourth-order valence-electron chi connectivity index (χ4n) is 2.47. The van der Waals surface area contributed by atoms with Gasteiger partial charge in [0.2, 0.25) is 0 Å². The molecule has 16 heavy (non-hydrogen) atoms. The maximum atomic E-state index is 13.4. The minimum atomic E-state index is -0.861. The number of rotatable bonds is 3. The van der Waals surface area contributed by atoms with Gasteiger partial charge in [-0.05, 0) is 43.9 Å². The van der Waals surface area contributed by atoms with Crippen LogP contribution in [0.25, 0.3) is 0 Å². The van der Waals surface area contributed by atoms with Crippen LogP contribution < -0.4 is 5.32 Å². The summed E-state index contributed by atoms with van der Waals surface area (Å²) < 4.78 is 13.4. The van der Waals surface area contributed by atoms with Crippen LogP contribution in [0.5, 0.6) is 0 Å². The molecule has 1 nitrogen and oxygen atoms in total. The maximum absolute atomic E-state index is 13.4. The molecule has 0 aromatic heterocycles. The van der Waals surface area contributed by atoms with Gasteiger partial charge in [-0.15, -0.1) is 0 Å². The second-order valence-corrected chi connectivity index (χ2v) is 4.67. The molecule has 1 aliphatic rings. The van der Waals surface area contributed by atoms with Gasteiger partial charge in [0, 0.05) is 6.04 Å². The number of nitrogens with one attached hydrogen (secondary N) is 1. The van der Waals surface area contributed by atoms with E-state index in [0.29, 0.717) is 6.04 Å². The van der Waals surface area contributed by atoms with Crippen LogP contribution in [0.15, 0.2) is 24.3 Å². The van der Waals surface area contributed by atoms with Crippen LogP contribution in [0, 0.1) is 0 Å². The third-order valence-electron chi connectivity index (χ3n) is 3.36. The molecule has 88 valence electrons. The summed E-state index contributed by atoms with van der Waals surface area (Å²) in [4.78, 5) is 0. The molecule has 0 radical (unpaired) electrons. The molecule has 2 heteroatoms. The Bertz CT molecular complexity index is 329. The Kier molecular flexibility index (Phi) is 3.94. The highest BCUT2D eigenvalue weighted by Gasteiger charge is 2.16. The summed E-state index contributed by atoms with van der Waals surface area (Å²) in [7, 11) is 0. The van der Waals surface area contributed by atoms with Gasteiger partial charge in [-0.25, -0.2) is 4.39 Å². The zero-order chi connectivity index (χ0) is 11.4. The number of piperidine rings is 1. The molecular formula is C14H20FN. The molecule has 0 amide bonds. The van der Waals surface area contributed by atoms with Gasteiger partial charge in [0.15, 0.2) is 0 Å². The lowest BCUT2D eigenvalue weighted by atomic mass is 9.93. The molecule has 0 saturated carbocycles. The number of benzene rings is 1. The van der Waals surface area contributed by atoms with Crippen LogP contribution in [0.2, 0.25) is 0 Å². The molecule has 0 spiro atoms. The lowest BCUT2D eigenvalue weighted by molar-refractivity contribution is 0.365. The van der Waals surface area contributed by atoms with Crippen molar-refractivity contribution < 1.29 is 4.39 Å². The van der Waals surface area contributed by atoms with Gasteiger partial charge in [-0.1, -0.05) is 30.7 Å². The third kappa shape index (κ3) is 2.82. The Labute approximate surface area is 97.1 Å². The molecule has 2 atom stereocenters. The van der Waals surface area contributed by atoms with E-state index in [1.807, 2.05) is 18.2 Å². The van der Waals surface area contributed by atoms with E-state index in [0.717, 1.165) is 24.1 Å². The molecule has 1 aromatic carbocycles. The van der Waals surface area contributed by atoms with Gasteiger partial charge in [-0.3, -0.25) is 0 Å². The van der Waals surface area contributed by atoms with Gasteiger partial charge in [-0.2, -0.15) is 0 Å². The van der Waals surface area contributed by atoms with E-state index in [1.165, 1.54) is 19.3 Å². The first-order chi connectivity index (χ1) is 7.77. The van der Waals surface area contributed by atoms with Crippen LogP contribution in [-0.4, -0.2) is 12.6 Å². The average Bonchev–Trinajstić information content (AvgIpc) is 2.31. The fraction of sp³-hybridized carbons (Fsp3) is 0.571. The average molecular weight is 221 g/mol. The van der Waals surface area contributed by atoms with Gasteiger partial charge in [0.05, 0.1) is 0 Å². The largest absolute Gasteiger partial charge is 0.314 e. The molecule has 1 fully saturated rings. The zero-order valence-corrected chi connectivity index (χ0v) is 9.88. The molecule has 2 unspecified atom stereocenters. The molecule has 0 bridgehead atoms. The minimum absolute atomic E-state index is 0.536. The first-order valence-corrected chi connectivity index (χ1v) is 6.22. The van der Waals surface area contributed by atoms with E-state index < -0.39 is 6.17 Å². The number of hydrogen-bond acceptors (Lipinski definition) is 1. The molecule has 2 rings (SSSR count). The van der Waals surface area contributed by atoms with Crippen molar-refractivity contribution in [2.45, 2.75) is 44.8 Å². The highest BCUT2D eigenvalue weighted by Crippen LogP contribution is 2.23. The summed E-state index contributed by atoms with van der Waals surface area (Å²) in [5.41, 5.74) is 2.02. The third-order valence-corrected chi connectivity index (χ3v) is 3.36. The molecular weight excluding hydrogens is 201 g/mol. The number of halogens is 1. The van der Waals surface area contributed by atoms with Crippen molar-refractivity contribution in [1.29, 1.82) is 0 Å². The van der Waals surface area contributed by atoms with Gasteiger partial charge < -0.3 is 5.32 Å². The smallest absolute Gasteiger partial charge is 0.123 e. The Balaban J connectivity index is 2.07. The predicted octanol–water partition coefficient (Wildman–Crippen LogP) is 3.40. The standard InChI is InChI=1S/C14H20FN/c1-11(15)14-8-3-2-6-12(14)10-13-7-4-5-9-16-13/h2-3,6,8,11,13,16H,4-5,7,9-10H2,1H3. The van der Waals surface area contributed by atoms with Gasteiger partial charge in [0.25, 0.3) is 0 Å². The number of alkyl halides is 1.